The summed E-state index contributed by atoms with van der Waals surface area (Å²) in [4.78, 5) is 24.1. The minimum absolute atomic E-state index is 0.00664. The molecule has 2 rings (SSSR count). The van der Waals surface area contributed by atoms with Gasteiger partial charge in [0.15, 0.2) is 0 Å². The van der Waals surface area contributed by atoms with Gasteiger partial charge in [-0.2, -0.15) is 0 Å². The fourth-order valence-electron chi connectivity index (χ4n) is 2.13. The molecule has 25 heavy (non-hydrogen) atoms. The third-order valence-corrected chi connectivity index (χ3v) is 3.29. The van der Waals surface area contributed by atoms with E-state index < -0.39 is 0 Å². The van der Waals surface area contributed by atoms with Gasteiger partial charge in [0.25, 0.3) is 5.91 Å². The van der Waals surface area contributed by atoms with E-state index in [0.29, 0.717) is 22.7 Å². The lowest BCUT2D eigenvalue weighted by Crippen LogP contribution is -2.33. The second-order valence-corrected chi connectivity index (χ2v) is 5.62. The van der Waals surface area contributed by atoms with E-state index in [1.165, 1.54) is 0 Å². The molecule has 0 bridgehead atoms. The van der Waals surface area contributed by atoms with Crippen LogP contribution in [0.4, 0.5) is 5.69 Å². The Morgan fingerprint density at radius 1 is 1.04 bits per heavy atom. The van der Waals surface area contributed by atoms with E-state index in [-0.39, 0.29) is 24.5 Å². The van der Waals surface area contributed by atoms with E-state index in [0.717, 1.165) is 0 Å². The normalized spacial score (nSPS) is 10.2. The quantitative estimate of drug-likeness (QED) is 0.811. The number of anilines is 1. The standard InChI is InChI=1S/C19H22N2O4/c1-13(2)25-17-7-5-4-6-16(17)21-18(22)12-20-19(23)14-8-10-15(24-3)11-9-14/h4-11,13H,12H2,1-3H3,(H,20,23)(H,21,22). The van der Waals surface area contributed by atoms with Gasteiger partial charge in [0.05, 0.1) is 25.4 Å². The van der Waals surface area contributed by atoms with Crippen molar-refractivity contribution in [1.29, 1.82) is 0 Å². The Bertz CT molecular complexity index is 726. The molecule has 0 radical (unpaired) electrons. The van der Waals surface area contributed by atoms with E-state index >= 15 is 0 Å². The third kappa shape index (κ3) is 5.53. The maximum absolute atomic E-state index is 12.1. The molecule has 6 heteroatoms. The summed E-state index contributed by atoms with van der Waals surface area (Å²) in [5.41, 5.74) is 1.03. The van der Waals surface area contributed by atoms with Crippen LogP contribution in [-0.4, -0.2) is 31.6 Å². The summed E-state index contributed by atoms with van der Waals surface area (Å²) in [6.45, 7) is 3.68. The van der Waals surface area contributed by atoms with Gasteiger partial charge in [-0.05, 0) is 50.2 Å². The van der Waals surface area contributed by atoms with Crippen molar-refractivity contribution < 1.29 is 19.1 Å². The molecule has 2 aromatic rings. The molecular weight excluding hydrogens is 320 g/mol. The van der Waals surface area contributed by atoms with Gasteiger partial charge in [-0.15, -0.1) is 0 Å². The van der Waals surface area contributed by atoms with Crippen molar-refractivity contribution in [3.8, 4) is 11.5 Å². The molecule has 0 saturated heterocycles. The van der Waals surface area contributed by atoms with Crippen molar-refractivity contribution >= 4 is 17.5 Å². The van der Waals surface area contributed by atoms with E-state index in [4.69, 9.17) is 9.47 Å². The number of benzene rings is 2. The summed E-state index contributed by atoms with van der Waals surface area (Å²) in [6, 6.07) is 13.8. The molecule has 0 aromatic heterocycles. The highest BCUT2D eigenvalue weighted by molar-refractivity contribution is 5.99. The van der Waals surface area contributed by atoms with Crippen LogP contribution in [0.1, 0.15) is 24.2 Å². The number of hydrogen-bond acceptors (Lipinski definition) is 4. The summed E-state index contributed by atoms with van der Waals surface area (Å²) < 4.78 is 10.7. The minimum atomic E-state index is -0.332. The Kier molecular flexibility index (Phi) is 6.39. The van der Waals surface area contributed by atoms with Gasteiger partial charge in [-0.1, -0.05) is 12.1 Å². The fourth-order valence-corrected chi connectivity index (χ4v) is 2.13. The van der Waals surface area contributed by atoms with Crippen LogP contribution in [0.2, 0.25) is 0 Å². The van der Waals surface area contributed by atoms with Gasteiger partial charge < -0.3 is 20.1 Å². The van der Waals surface area contributed by atoms with Crippen molar-refractivity contribution in [3.63, 3.8) is 0 Å². The Morgan fingerprint density at radius 3 is 2.36 bits per heavy atom. The number of carbonyl (C=O) groups is 2. The number of rotatable bonds is 7. The van der Waals surface area contributed by atoms with Crippen LogP contribution < -0.4 is 20.1 Å². The molecule has 6 nitrogen and oxygen atoms in total. The smallest absolute Gasteiger partial charge is 0.251 e. The first-order valence-corrected chi connectivity index (χ1v) is 7.97. The van der Waals surface area contributed by atoms with Gasteiger partial charge in [-0.25, -0.2) is 0 Å². The largest absolute Gasteiger partial charge is 0.497 e. The molecular formula is C19H22N2O4. The number of ether oxygens (including phenoxy) is 2. The third-order valence-electron chi connectivity index (χ3n) is 3.29. The Morgan fingerprint density at radius 2 is 1.72 bits per heavy atom. The number of methoxy groups -OCH3 is 1. The molecule has 0 aliphatic carbocycles. The second-order valence-electron chi connectivity index (χ2n) is 5.62. The zero-order valence-electron chi connectivity index (χ0n) is 14.5. The number of para-hydroxylation sites is 2. The predicted octanol–water partition coefficient (Wildman–Crippen LogP) is 2.85. The van der Waals surface area contributed by atoms with E-state index in [1.807, 2.05) is 19.9 Å². The van der Waals surface area contributed by atoms with Crippen molar-refractivity contribution in [3.05, 3.63) is 54.1 Å². The monoisotopic (exact) mass is 342 g/mol. The molecule has 2 aromatic carbocycles. The molecule has 0 spiro atoms. The van der Waals surface area contributed by atoms with E-state index in [9.17, 15) is 9.59 Å². The van der Waals surface area contributed by atoms with Gasteiger partial charge in [0, 0.05) is 5.56 Å². The van der Waals surface area contributed by atoms with Crippen LogP contribution in [-0.2, 0) is 4.79 Å². The Balaban J connectivity index is 1.91. The second kappa shape index (κ2) is 8.73. The fraction of sp³-hybridized carbons (Fsp3) is 0.263. The molecule has 0 saturated carbocycles. The molecule has 132 valence electrons. The number of nitrogens with one attached hydrogen (secondary N) is 2. The first kappa shape index (κ1) is 18.3. The van der Waals surface area contributed by atoms with Crippen molar-refractivity contribution in [2.75, 3.05) is 19.0 Å². The molecule has 0 aliphatic heterocycles. The van der Waals surface area contributed by atoms with Gasteiger partial charge >= 0.3 is 0 Å². The first-order valence-electron chi connectivity index (χ1n) is 7.97. The average molecular weight is 342 g/mol. The van der Waals surface area contributed by atoms with E-state index in [2.05, 4.69) is 10.6 Å². The highest BCUT2D eigenvalue weighted by Gasteiger charge is 2.11. The molecule has 0 aliphatic rings. The predicted molar refractivity (Wildman–Crippen MR) is 96.2 cm³/mol. The lowest BCUT2D eigenvalue weighted by Gasteiger charge is -2.15. The number of carbonyl (C=O) groups excluding carboxylic acids is 2. The van der Waals surface area contributed by atoms with Gasteiger partial charge in [0.2, 0.25) is 5.91 Å². The summed E-state index contributed by atoms with van der Waals surface area (Å²) in [5, 5.41) is 5.33. The maximum Gasteiger partial charge on any atom is 0.251 e. The molecule has 2 amide bonds. The van der Waals surface area contributed by atoms with Crippen LogP contribution in [0.3, 0.4) is 0 Å². The first-order chi connectivity index (χ1) is 12.0. The SMILES string of the molecule is COc1ccc(C(=O)NCC(=O)Nc2ccccc2OC(C)C)cc1. The average Bonchev–Trinajstić information content (AvgIpc) is 2.61. The van der Waals surface area contributed by atoms with Crippen LogP contribution in [0.5, 0.6) is 11.5 Å². The summed E-state index contributed by atoms with van der Waals surface area (Å²) in [5.74, 6) is 0.592. The highest BCUT2D eigenvalue weighted by atomic mass is 16.5. The van der Waals surface area contributed by atoms with Crippen molar-refractivity contribution in [1.82, 2.24) is 5.32 Å². The molecule has 0 atom stereocenters. The lowest BCUT2D eigenvalue weighted by molar-refractivity contribution is -0.115. The van der Waals surface area contributed by atoms with Crippen molar-refractivity contribution in [2.45, 2.75) is 20.0 Å². The molecule has 0 heterocycles. The zero-order valence-corrected chi connectivity index (χ0v) is 14.5. The van der Waals surface area contributed by atoms with Crippen LogP contribution in [0.25, 0.3) is 0 Å². The molecule has 2 N–H and O–H groups in total. The van der Waals surface area contributed by atoms with Crippen LogP contribution in [0, 0.1) is 0 Å². The summed E-state index contributed by atoms with van der Waals surface area (Å²) >= 11 is 0. The maximum atomic E-state index is 12.1. The van der Waals surface area contributed by atoms with Gasteiger partial charge in [-0.3, -0.25) is 9.59 Å². The summed E-state index contributed by atoms with van der Waals surface area (Å²) in [7, 11) is 1.56. The summed E-state index contributed by atoms with van der Waals surface area (Å²) in [6.07, 6.45) is -0.00664. The zero-order chi connectivity index (χ0) is 18.2. The van der Waals surface area contributed by atoms with E-state index in [1.54, 1.807) is 49.6 Å². The van der Waals surface area contributed by atoms with Crippen molar-refractivity contribution in [2.24, 2.45) is 0 Å². The topological polar surface area (TPSA) is 76.7 Å². The Hall–Kier alpha value is -3.02. The minimum Gasteiger partial charge on any atom is -0.497 e. The molecule has 0 fully saturated rings. The number of hydrogen-bond donors (Lipinski definition) is 2. The van der Waals surface area contributed by atoms with Crippen LogP contribution >= 0.6 is 0 Å². The van der Waals surface area contributed by atoms with Gasteiger partial charge in [0.1, 0.15) is 11.5 Å². The lowest BCUT2D eigenvalue weighted by atomic mass is 10.2. The van der Waals surface area contributed by atoms with Crippen LogP contribution in [0.15, 0.2) is 48.5 Å². The molecule has 0 unspecified atom stereocenters. The Labute approximate surface area is 147 Å². The highest BCUT2D eigenvalue weighted by Crippen LogP contribution is 2.24. The number of amides is 2.